The van der Waals surface area contributed by atoms with Gasteiger partial charge in [0.05, 0.1) is 7.11 Å². The molecule has 0 radical (unpaired) electrons. The first kappa shape index (κ1) is 10.7. The fourth-order valence-corrected chi connectivity index (χ4v) is 0.519. The molecule has 0 atom stereocenters. The number of carbonyl (C=O) groups is 2. The number of carbonyl (C=O) groups excluding carboxylic acids is 2. The van der Waals surface area contributed by atoms with Crippen molar-refractivity contribution in [2.75, 3.05) is 13.7 Å². The maximum atomic E-state index is 10.8. The molecule has 0 spiro atoms. The predicted molar refractivity (Wildman–Crippen MR) is 44.5 cm³/mol. The van der Waals surface area contributed by atoms with Crippen molar-refractivity contribution in [2.24, 2.45) is 0 Å². The average Bonchev–Trinajstić information content (AvgIpc) is 2.10. The van der Waals surface area contributed by atoms with Crippen molar-refractivity contribution in [1.82, 2.24) is 5.32 Å². The number of ether oxygens (including phenoxy) is 1. The van der Waals surface area contributed by atoms with Crippen molar-refractivity contribution in [3.05, 3.63) is 12.2 Å². The Hall–Kier alpha value is -1.32. The summed E-state index contributed by atoms with van der Waals surface area (Å²) >= 11 is 0. The Morgan fingerprint density at radius 1 is 1.42 bits per heavy atom. The van der Waals surface area contributed by atoms with Gasteiger partial charge >= 0.3 is 5.97 Å². The minimum Gasteiger partial charge on any atom is -0.466 e. The molecule has 1 amide bonds. The third-order valence-corrected chi connectivity index (χ3v) is 1.12. The number of nitrogens with one attached hydrogen (secondary N) is 1. The van der Waals surface area contributed by atoms with Gasteiger partial charge in [-0.3, -0.25) is 4.79 Å². The Bertz CT molecular complexity index is 187. The van der Waals surface area contributed by atoms with E-state index in [0.29, 0.717) is 6.54 Å². The van der Waals surface area contributed by atoms with Gasteiger partial charge < -0.3 is 10.1 Å². The Morgan fingerprint density at radius 2 is 2.08 bits per heavy atom. The number of rotatable bonds is 4. The van der Waals surface area contributed by atoms with E-state index in [0.717, 1.165) is 18.6 Å². The summed E-state index contributed by atoms with van der Waals surface area (Å²) < 4.78 is 4.30. The first-order chi connectivity index (χ1) is 5.70. The van der Waals surface area contributed by atoms with Gasteiger partial charge in [0.1, 0.15) is 0 Å². The molecule has 0 aliphatic heterocycles. The first-order valence-corrected chi connectivity index (χ1v) is 3.74. The van der Waals surface area contributed by atoms with Crippen LogP contribution >= 0.6 is 0 Å². The van der Waals surface area contributed by atoms with E-state index in [9.17, 15) is 9.59 Å². The van der Waals surface area contributed by atoms with Crippen LogP contribution in [0, 0.1) is 0 Å². The van der Waals surface area contributed by atoms with Crippen LogP contribution in [0.3, 0.4) is 0 Å². The highest BCUT2D eigenvalue weighted by Crippen LogP contribution is 1.79. The van der Waals surface area contributed by atoms with Crippen LogP contribution in [-0.2, 0) is 14.3 Å². The lowest BCUT2D eigenvalue weighted by molar-refractivity contribution is -0.135. The topological polar surface area (TPSA) is 55.4 Å². The lowest BCUT2D eigenvalue weighted by Gasteiger charge is -1.96. The molecule has 0 unspecified atom stereocenters. The molecule has 4 nitrogen and oxygen atoms in total. The molecular formula is C8H13NO3. The summed E-state index contributed by atoms with van der Waals surface area (Å²) in [6.45, 7) is 2.56. The SMILES string of the molecule is CCCNC(=O)C=CC(=O)OC. The molecule has 0 aromatic rings. The number of hydrogen-bond acceptors (Lipinski definition) is 3. The van der Waals surface area contributed by atoms with Gasteiger partial charge in [-0.25, -0.2) is 4.79 Å². The maximum Gasteiger partial charge on any atom is 0.330 e. The molecule has 4 heteroatoms. The summed E-state index contributed by atoms with van der Waals surface area (Å²) in [6.07, 6.45) is 3.12. The Balaban J connectivity index is 3.67. The predicted octanol–water partition coefficient (Wildman–Crippen LogP) is 0.242. The molecule has 0 heterocycles. The number of hydrogen-bond donors (Lipinski definition) is 1. The summed E-state index contributed by atoms with van der Waals surface area (Å²) in [5.74, 6) is -0.802. The standard InChI is InChI=1S/C8H13NO3/c1-3-6-9-7(10)4-5-8(11)12-2/h4-5H,3,6H2,1-2H3,(H,9,10). The molecule has 0 aromatic heterocycles. The molecule has 12 heavy (non-hydrogen) atoms. The second-order valence-electron chi connectivity index (χ2n) is 2.15. The monoisotopic (exact) mass is 171 g/mol. The molecule has 0 aliphatic carbocycles. The van der Waals surface area contributed by atoms with Gasteiger partial charge in [-0.15, -0.1) is 0 Å². The van der Waals surface area contributed by atoms with Crippen molar-refractivity contribution in [3.63, 3.8) is 0 Å². The van der Waals surface area contributed by atoms with Crippen LogP contribution in [0.1, 0.15) is 13.3 Å². The number of amides is 1. The molecule has 0 bridgehead atoms. The lowest BCUT2D eigenvalue weighted by atomic mass is 10.4. The Morgan fingerprint density at radius 3 is 2.58 bits per heavy atom. The van der Waals surface area contributed by atoms with Crippen LogP contribution in [0.5, 0.6) is 0 Å². The van der Waals surface area contributed by atoms with Crippen molar-refractivity contribution in [3.8, 4) is 0 Å². The van der Waals surface area contributed by atoms with Crippen LogP contribution in [0.2, 0.25) is 0 Å². The van der Waals surface area contributed by atoms with Crippen molar-refractivity contribution >= 4 is 11.9 Å². The van der Waals surface area contributed by atoms with E-state index in [4.69, 9.17) is 0 Å². The van der Waals surface area contributed by atoms with E-state index in [1.54, 1.807) is 0 Å². The van der Waals surface area contributed by atoms with Crippen molar-refractivity contribution in [1.29, 1.82) is 0 Å². The van der Waals surface area contributed by atoms with E-state index in [-0.39, 0.29) is 5.91 Å². The molecule has 0 rings (SSSR count). The van der Waals surface area contributed by atoms with Crippen LogP contribution in [0.15, 0.2) is 12.2 Å². The Kier molecular flexibility index (Phi) is 5.69. The minimum absolute atomic E-state index is 0.276. The fourth-order valence-electron chi connectivity index (χ4n) is 0.519. The zero-order valence-electron chi connectivity index (χ0n) is 7.29. The summed E-state index contributed by atoms with van der Waals surface area (Å²) in [5, 5.41) is 2.58. The van der Waals surface area contributed by atoms with Crippen LogP contribution in [0.4, 0.5) is 0 Å². The van der Waals surface area contributed by atoms with Gasteiger partial charge in [-0.2, -0.15) is 0 Å². The molecule has 0 aromatic carbocycles. The van der Waals surface area contributed by atoms with Crippen LogP contribution < -0.4 is 5.32 Å². The normalized spacial score (nSPS) is 9.83. The third-order valence-electron chi connectivity index (χ3n) is 1.12. The maximum absolute atomic E-state index is 10.8. The summed E-state index contributed by atoms with van der Waals surface area (Å²) in [4.78, 5) is 21.3. The van der Waals surface area contributed by atoms with Crippen molar-refractivity contribution < 1.29 is 14.3 Å². The molecular weight excluding hydrogens is 158 g/mol. The van der Waals surface area contributed by atoms with E-state index >= 15 is 0 Å². The quantitative estimate of drug-likeness (QED) is 0.487. The lowest BCUT2D eigenvalue weighted by Crippen LogP contribution is -2.21. The average molecular weight is 171 g/mol. The zero-order chi connectivity index (χ0) is 9.40. The van der Waals surface area contributed by atoms with Gasteiger partial charge in [0.25, 0.3) is 0 Å². The van der Waals surface area contributed by atoms with Gasteiger partial charge in [0.2, 0.25) is 5.91 Å². The van der Waals surface area contributed by atoms with E-state index in [2.05, 4.69) is 10.1 Å². The van der Waals surface area contributed by atoms with Crippen LogP contribution in [0.25, 0.3) is 0 Å². The summed E-state index contributed by atoms with van der Waals surface area (Å²) in [7, 11) is 1.26. The first-order valence-electron chi connectivity index (χ1n) is 3.74. The van der Waals surface area contributed by atoms with Gasteiger partial charge in [-0.05, 0) is 6.42 Å². The van der Waals surface area contributed by atoms with Gasteiger partial charge in [-0.1, -0.05) is 6.92 Å². The van der Waals surface area contributed by atoms with Crippen molar-refractivity contribution in [2.45, 2.75) is 13.3 Å². The number of esters is 1. The molecule has 0 saturated heterocycles. The molecule has 1 N–H and O–H groups in total. The fraction of sp³-hybridized carbons (Fsp3) is 0.500. The Labute approximate surface area is 71.6 Å². The highest BCUT2D eigenvalue weighted by Gasteiger charge is 1.95. The van der Waals surface area contributed by atoms with Gasteiger partial charge in [0, 0.05) is 18.7 Å². The molecule has 0 fully saturated rings. The summed E-state index contributed by atoms with van der Waals surface area (Å²) in [6, 6.07) is 0. The van der Waals surface area contributed by atoms with Gasteiger partial charge in [0.15, 0.2) is 0 Å². The second-order valence-corrected chi connectivity index (χ2v) is 2.15. The van der Waals surface area contributed by atoms with E-state index < -0.39 is 5.97 Å². The smallest absolute Gasteiger partial charge is 0.330 e. The third kappa shape index (κ3) is 5.46. The summed E-state index contributed by atoms with van der Waals surface area (Å²) in [5.41, 5.74) is 0. The highest BCUT2D eigenvalue weighted by molar-refractivity contribution is 5.94. The van der Waals surface area contributed by atoms with Crippen LogP contribution in [-0.4, -0.2) is 25.5 Å². The molecule has 68 valence electrons. The molecule has 0 saturated carbocycles. The molecule has 0 aliphatic rings. The van der Waals surface area contributed by atoms with E-state index in [1.807, 2.05) is 6.92 Å². The second kappa shape index (κ2) is 6.39. The zero-order valence-corrected chi connectivity index (χ0v) is 7.29. The minimum atomic E-state index is -0.526. The van der Waals surface area contributed by atoms with E-state index in [1.165, 1.54) is 7.11 Å². The number of methoxy groups -OCH3 is 1. The largest absolute Gasteiger partial charge is 0.466 e. The highest BCUT2D eigenvalue weighted by atomic mass is 16.5.